The summed E-state index contributed by atoms with van der Waals surface area (Å²) in [5, 5.41) is 16.4. The summed E-state index contributed by atoms with van der Waals surface area (Å²) >= 11 is 0. The Hall–Kier alpha value is -3.58. The monoisotopic (exact) mass is 605 g/mol. The van der Waals surface area contributed by atoms with Crippen LogP contribution in [0.4, 0.5) is 11.5 Å². The molecule has 234 valence electrons. The van der Waals surface area contributed by atoms with Gasteiger partial charge in [0.25, 0.3) is 0 Å². The molecule has 5 saturated heterocycles. The SMILES string of the molecule is C#Cc1cccc2cc(O)cc(N3CCc4c(nc(OCC56CCCN5C5CN(C)CC5C6)nc4N4CC5CCC(C4)N5)C3)c12. The summed E-state index contributed by atoms with van der Waals surface area (Å²) in [6.07, 6.45) is 12.9. The number of hydrogen-bond donors (Lipinski definition) is 2. The number of phenolic OH excluding ortho intramolecular Hbond substituents is 1. The van der Waals surface area contributed by atoms with Crippen LogP contribution in [0, 0.1) is 18.3 Å². The first kappa shape index (κ1) is 27.7. The molecule has 9 heteroatoms. The molecule has 7 heterocycles. The van der Waals surface area contributed by atoms with Crippen molar-refractivity contribution in [3.8, 4) is 24.1 Å². The molecule has 9 nitrogen and oxygen atoms in total. The third-order valence-electron chi connectivity index (χ3n) is 11.7. The van der Waals surface area contributed by atoms with Gasteiger partial charge in [-0.15, -0.1) is 6.42 Å². The van der Waals surface area contributed by atoms with Gasteiger partial charge in [-0.25, -0.2) is 0 Å². The number of likely N-dealkylation sites (N-methyl/N-ethyl adjacent to an activating group) is 1. The van der Waals surface area contributed by atoms with Crippen LogP contribution in [-0.2, 0) is 13.0 Å². The van der Waals surface area contributed by atoms with Crippen LogP contribution in [0.15, 0.2) is 30.3 Å². The van der Waals surface area contributed by atoms with Gasteiger partial charge in [0.15, 0.2) is 0 Å². The van der Waals surface area contributed by atoms with Crippen LogP contribution in [0.25, 0.3) is 10.8 Å². The molecule has 0 amide bonds. The van der Waals surface area contributed by atoms with Crippen LogP contribution < -0.4 is 19.9 Å². The van der Waals surface area contributed by atoms with E-state index in [2.05, 4.69) is 37.9 Å². The second kappa shape index (κ2) is 10.5. The number of piperazine rings is 1. The van der Waals surface area contributed by atoms with Crippen molar-refractivity contribution in [2.75, 3.05) is 62.7 Å². The number of likely N-dealkylation sites (tertiary alicyclic amines) is 1. The normalized spacial score (nSPS) is 30.8. The van der Waals surface area contributed by atoms with Crippen molar-refractivity contribution in [2.24, 2.45) is 5.92 Å². The average Bonchev–Trinajstić information content (AvgIpc) is 3.78. The number of nitrogens with zero attached hydrogens (tertiary/aromatic N) is 6. The first-order valence-corrected chi connectivity index (χ1v) is 16.9. The van der Waals surface area contributed by atoms with Gasteiger partial charge in [-0.05, 0) is 75.6 Å². The van der Waals surface area contributed by atoms with Crippen molar-refractivity contribution in [1.82, 2.24) is 25.1 Å². The molecule has 1 aromatic heterocycles. The van der Waals surface area contributed by atoms with Crippen molar-refractivity contribution >= 4 is 22.3 Å². The maximum absolute atomic E-state index is 10.7. The molecule has 2 N–H and O–H groups in total. The van der Waals surface area contributed by atoms with Crippen LogP contribution in [0.1, 0.15) is 48.9 Å². The molecule has 5 unspecified atom stereocenters. The van der Waals surface area contributed by atoms with Gasteiger partial charge in [-0.1, -0.05) is 18.1 Å². The summed E-state index contributed by atoms with van der Waals surface area (Å²) < 4.78 is 6.72. The molecule has 6 aliphatic rings. The van der Waals surface area contributed by atoms with E-state index in [1.165, 1.54) is 50.8 Å². The number of rotatable bonds is 5. The Labute approximate surface area is 265 Å². The highest BCUT2D eigenvalue weighted by molar-refractivity contribution is 6.00. The first-order chi connectivity index (χ1) is 22.0. The minimum Gasteiger partial charge on any atom is -0.508 e. The van der Waals surface area contributed by atoms with E-state index in [4.69, 9.17) is 21.1 Å². The van der Waals surface area contributed by atoms with Crippen LogP contribution in [0.2, 0.25) is 0 Å². The number of terminal acetylenes is 1. The summed E-state index contributed by atoms with van der Waals surface area (Å²) in [6.45, 7) is 7.54. The van der Waals surface area contributed by atoms with E-state index in [-0.39, 0.29) is 11.3 Å². The molecule has 0 spiro atoms. The van der Waals surface area contributed by atoms with E-state index >= 15 is 0 Å². The predicted octanol–water partition coefficient (Wildman–Crippen LogP) is 3.37. The number of ether oxygens (including phenoxy) is 1. The maximum atomic E-state index is 10.7. The Bertz CT molecular complexity index is 1690. The molecule has 0 radical (unpaired) electrons. The van der Waals surface area contributed by atoms with Gasteiger partial charge in [0.1, 0.15) is 18.2 Å². The fourth-order valence-corrected chi connectivity index (χ4v) is 9.87. The van der Waals surface area contributed by atoms with Gasteiger partial charge < -0.3 is 29.9 Å². The highest BCUT2D eigenvalue weighted by Gasteiger charge is 2.56. The Kier molecular flexibility index (Phi) is 6.45. The number of phenols is 1. The van der Waals surface area contributed by atoms with Crippen LogP contribution >= 0.6 is 0 Å². The zero-order valence-corrected chi connectivity index (χ0v) is 26.2. The number of fused-ring (bicyclic) bond motifs is 7. The lowest BCUT2D eigenvalue weighted by molar-refractivity contribution is 0.0790. The lowest BCUT2D eigenvalue weighted by atomic mass is 9.90. The zero-order valence-electron chi connectivity index (χ0n) is 26.2. The molecular weight excluding hydrogens is 562 g/mol. The second-order valence-electron chi connectivity index (χ2n) is 14.5. The maximum Gasteiger partial charge on any atom is 0.318 e. The molecule has 5 fully saturated rings. The Morgan fingerprint density at radius 1 is 1.09 bits per heavy atom. The molecule has 9 rings (SSSR count). The zero-order chi connectivity index (χ0) is 30.3. The molecule has 0 aliphatic carbocycles. The summed E-state index contributed by atoms with van der Waals surface area (Å²) in [6, 6.07) is 11.8. The molecule has 5 atom stereocenters. The van der Waals surface area contributed by atoms with E-state index in [9.17, 15) is 5.11 Å². The smallest absolute Gasteiger partial charge is 0.318 e. The highest BCUT2D eigenvalue weighted by atomic mass is 16.5. The lowest BCUT2D eigenvalue weighted by Gasteiger charge is -2.38. The van der Waals surface area contributed by atoms with Crippen LogP contribution in [0.5, 0.6) is 11.8 Å². The minimum atomic E-state index is 0.0995. The number of aromatic nitrogens is 2. The quantitative estimate of drug-likeness (QED) is 0.426. The van der Waals surface area contributed by atoms with E-state index in [1.807, 2.05) is 24.3 Å². The van der Waals surface area contributed by atoms with Gasteiger partial charge in [-0.3, -0.25) is 4.90 Å². The molecule has 2 bridgehead atoms. The standard InChI is InChI=1S/C36H43N7O2/c1-3-23-6-4-7-24-14-28(44)15-31(33(23)24)41-13-10-29-30(20-41)38-35(39-34(29)42-18-26-8-9-27(19-42)37-26)45-22-36-11-5-12-43(36)32-21-40(2)17-25(32)16-36/h1,4,6-7,14-15,25-27,32,37,44H,5,8-13,16-22H2,2H3. The lowest BCUT2D eigenvalue weighted by Crippen LogP contribution is -2.52. The third kappa shape index (κ3) is 4.56. The predicted molar refractivity (Wildman–Crippen MR) is 176 cm³/mol. The van der Waals surface area contributed by atoms with Gasteiger partial charge in [-0.2, -0.15) is 9.97 Å². The summed E-state index contributed by atoms with van der Waals surface area (Å²) in [5.74, 6) is 4.90. The van der Waals surface area contributed by atoms with Crippen molar-refractivity contribution < 1.29 is 9.84 Å². The number of aromatic hydroxyl groups is 1. The molecule has 45 heavy (non-hydrogen) atoms. The van der Waals surface area contributed by atoms with Crippen LogP contribution in [0.3, 0.4) is 0 Å². The molecular formula is C36H43N7O2. The van der Waals surface area contributed by atoms with Crippen molar-refractivity contribution in [3.05, 3.63) is 47.2 Å². The molecule has 0 saturated carbocycles. The molecule has 3 aromatic rings. The van der Waals surface area contributed by atoms with Gasteiger partial charge >= 0.3 is 6.01 Å². The van der Waals surface area contributed by atoms with Crippen molar-refractivity contribution in [2.45, 2.75) is 68.7 Å². The fourth-order valence-electron chi connectivity index (χ4n) is 9.87. The fraction of sp³-hybridized carbons (Fsp3) is 0.556. The van der Waals surface area contributed by atoms with Crippen molar-refractivity contribution in [3.63, 3.8) is 0 Å². The topological polar surface area (TPSA) is 80.2 Å². The number of nitrogens with one attached hydrogen (secondary N) is 1. The summed E-state index contributed by atoms with van der Waals surface area (Å²) in [7, 11) is 2.26. The molecule has 2 aromatic carbocycles. The molecule has 6 aliphatic heterocycles. The van der Waals surface area contributed by atoms with Gasteiger partial charge in [0, 0.05) is 79.1 Å². The minimum absolute atomic E-state index is 0.0995. The second-order valence-corrected chi connectivity index (χ2v) is 14.5. The Balaban J connectivity index is 1.06. The first-order valence-electron chi connectivity index (χ1n) is 16.9. The Morgan fingerprint density at radius 3 is 2.80 bits per heavy atom. The highest BCUT2D eigenvalue weighted by Crippen LogP contribution is 2.48. The van der Waals surface area contributed by atoms with Crippen LogP contribution in [-0.4, -0.2) is 101 Å². The summed E-state index contributed by atoms with van der Waals surface area (Å²) in [4.78, 5) is 20.4. The van der Waals surface area contributed by atoms with E-state index in [0.29, 0.717) is 37.3 Å². The van der Waals surface area contributed by atoms with E-state index in [0.717, 1.165) is 72.1 Å². The van der Waals surface area contributed by atoms with Gasteiger partial charge in [0.05, 0.1) is 17.8 Å². The van der Waals surface area contributed by atoms with E-state index < -0.39 is 0 Å². The largest absolute Gasteiger partial charge is 0.508 e. The summed E-state index contributed by atoms with van der Waals surface area (Å²) in [5.41, 5.74) is 4.15. The average molecular weight is 606 g/mol. The number of anilines is 2. The third-order valence-corrected chi connectivity index (χ3v) is 11.7. The van der Waals surface area contributed by atoms with E-state index in [1.54, 1.807) is 6.07 Å². The number of hydrogen-bond acceptors (Lipinski definition) is 9. The number of benzene rings is 2. The Morgan fingerprint density at radius 2 is 1.96 bits per heavy atom. The van der Waals surface area contributed by atoms with Crippen molar-refractivity contribution in [1.29, 1.82) is 0 Å². The van der Waals surface area contributed by atoms with Gasteiger partial charge in [0.2, 0.25) is 0 Å².